The summed E-state index contributed by atoms with van der Waals surface area (Å²) in [6, 6.07) is 11.2. The van der Waals surface area contributed by atoms with E-state index in [0.29, 0.717) is 11.8 Å². The molecule has 118 valence electrons. The van der Waals surface area contributed by atoms with Gasteiger partial charge in [-0.15, -0.1) is 0 Å². The van der Waals surface area contributed by atoms with E-state index in [9.17, 15) is 17.2 Å². The molecule has 4 nitrogen and oxygen atoms in total. The number of rotatable bonds is 6. The second-order valence-electron chi connectivity index (χ2n) is 4.56. The van der Waals surface area contributed by atoms with Crippen LogP contribution in [0.15, 0.2) is 53.4 Å². The van der Waals surface area contributed by atoms with Gasteiger partial charge in [0.2, 0.25) is 10.0 Å². The van der Waals surface area contributed by atoms with Gasteiger partial charge in [0.25, 0.3) is 0 Å². The van der Waals surface area contributed by atoms with E-state index in [1.807, 2.05) is 6.07 Å². The average Bonchev–Trinajstić information content (AvgIpc) is 2.50. The second-order valence-corrected chi connectivity index (χ2v) is 6.58. The average molecular weight is 327 g/mol. The first-order chi connectivity index (χ1) is 10.4. The Morgan fingerprint density at radius 3 is 2.45 bits per heavy atom. The standard InChI is InChI=1S/C15H15F2NO3S/c1-18(9-10-21-13-5-3-2-4-6-13)22(19,20)15-11-12(16)7-8-14(15)17/h2-8,11H,9-10H2,1H3. The minimum absolute atomic E-state index is 0.00712. The first-order valence-electron chi connectivity index (χ1n) is 6.50. The minimum Gasteiger partial charge on any atom is -0.492 e. The highest BCUT2D eigenvalue weighted by atomic mass is 32.2. The summed E-state index contributed by atoms with van der Waals surface area (Å²) in [7, 11) is -2.82. The number of halogens is 2. The van der Waals surface area contributed by atoms with Gasteiger partial charge in [0, 0.05) is 13.6 Å². The molecule has 0 unspecified atom stereocenters. The molecule has 0 N–H and O–H groups in total. The summed E-state index contributed by atoms with van der Waals surface area (Å²) in [5.41, 5.74) is 0. The molecule has 0 atom stereocenters. The van der Waals surface area contributed by atoms with E-state index in [-0.39, 0.29) is 13.2 Å². The molecule has 0 spiro atoms. The number of ether oxygens (including phenoxy) is 1. The maximum absolute atomic E-state index is 13.6. The number of hydrogen-bond donors (Lipinski definition) is 0. The Balaban J connectivity index is 2.04. The summed E-state index contributed by atoms with van der Waals surface area (Å²) in [5.74, 6) is -1.20. The van der Waals surface area contributed by atoms with Gasteiger partial charge in [0.1, 0.15) is 28.9 Å². The van der Waals surface area contributed by atoms with Crippen LogP contribution < -0.4 is 4.74 Å². The Morgan fingerprint density at radius 2 is 1.77 bits per heavy atom. The van der Waals surface area contributed by atoms with E-state index in [2.05, 4.69) is 0 Å². The number of nitrogens with zero attached hydrogens (tertiary/aromatic N) is 1. The molecule has 0 amide bonds. The molecule has 0 aliphatic carbocycles. The van der Waals surface area contributed by atoms with E-state index in [1.165, 1.54) is 7.05 Å². The third-order valence-corrected chi connectivity index (χ3v) is 4.87. The minimum atomic E-state index is -4.11. The van der Waals surface area contributed by atoms with Gasteiger partial charge in [0.05, 0.1) is 0 Å². The molecule has 0 aliphatic heterocycles. The van der Waals surface area contributed by atoms with Gasteiger partial charge in [-0.1, -0.05) is 18.2 Å². The fourth-order valence-electron chi connectivity index (χ4n) is 1.77. The zero-order valence-corrected chi connectivity index (χ0v) is 12.7. The second kappa shape index (κ2) is 6.85. The Hall–Kier alpha value is -1.99. The van der Waals surface area contributed by atoms with Crippen LogP contribution in [0.4, 0.5) is 8.78 Å². The van der Waals surface area contributed by atoms with Crippen LogP contribution in [-0.2, 0) is 10.0 Å². The van der Waals surface area contributed by atoms with Gasteiger partial charge >= 0.3 is 0 Å². The van der Waals surface area contributed by atoms with Crippen LogP contribution in [0.1, 0.15) is 0 Å². The molecule has 0 radical (unpaired) electrons. The first kappa shape index (κ1) is 16.4. The van der Waals surface area contributed by atoms with E-state index in [0.717, 1.165) is 16.4 Å². The Morgan fingerprint density at radius 1 is 1.09 bits per heavy atom. The predicted octanol–water partition coefficient (Wildman–Crippen LogP) is 2.66. The number of hydrogen-bond acceptors (Lipinski definition) is 3. The number of likely N-dealkylation sites (N-methyl/N-ethyl adjacent to an activating group) is 1. The summed E-state index contributed by atoms with van der Waals surface area (Å²) in [6.07, 6.45) is 0. The largest absolute Gasteiger partial charge is 0.492 e. The zero-order valence-electron chi connectivity index (χ0n) is 11.9. The quantitative estimate of drug-likeness (QED) is 0.819. The topological polar surface area (TPSA) is 46.6 Å². The predicted molar refractivity (Wildman–Crippen MR) is 78.1 cm³/mol. The molecular formula is C15H15F2NO3S. The molecule has 0 aliphatic rings. The lowest BCUT2D eigenvalue weighted by Gasteiger charge is -2.18. The fraction of sp³-hybridized carbons (Fsp3) is 0.200. The maximum atomic E-state index is 13.6. The van der Waals surface area contributed by atoms with Crippen molar-refractivity contribution in [3.8, 4) is 5.75 Å². The smallest absolute Gasteiger partial charge is 0.245 e. The lowest BCUT2D eigenvalue weighted by Crippen LogP contribution is -2.31. The molecule has 22 heavy (non-hydrogen) atoms. The van der Waals surface area contributed by atoms with Crippen LogP contribution in [-0.4, -0.2) is 32.9 Å². The van der Waals surface area contributed by atoms with Gasteiger partial charge in [-0.3, -0.25) is 0 Å². The number of sulfonamides is 1. The van der Waals surface area contributed by atoms with E-state index >= 15 is 0 Å². The molecular weight excluding hydrogens is 312 g/mol. The molecule has 0 fully saturated rings. The summed E-state index contributed by atoms with van der Waals surface area (Å²) in [5, 5.41) is 0. The molecule has 0 saturated heterocycles. The van der Waals surface area contributed by atoms with E-state index in [4.69, 9.17) is 4.74 Å². The summed E-state index contributed by atoms with van der Waals surface area (Å²) >= 11 is 0. The van der Waals surface area contributed by atoms with Crippen molar-refractivity contribution in [2.45, 2.75) is 4.90 Å². The number of para-hydroxylation sites is 1. The molecule has 2 aromatic rings. The van der Waals surface area contributed by atoms with Crippen LogP contribution in [0, 0.1) is 11.6 Å². The lowest BCUT2D eigenvalue weighted by molar-refractivity contribution is 0.286. The monoisotopic (exact) mass is 327 g/mol. The normalized spacial score (nSPS) is 11.6. The lowest BCUT2D eigenvalue weighted by atomic mass is 10.3. The van der Waals surface area contributed by atoms with Gasteiger partial charge in [0.15, 0.2) is 0 Å². The third-order valence-electron chi connectivity index (χ3n) is 3.00. The molecule has 0 saturated carbocycles. The van der Waals surface area contributed by atoms with Gasteiger partial charge in [-0.25, -0.2) is 17.2 Å². The van der Waals surface area contributed by atoms with Crippen LogP contribution in [0.5, 0.6) is 5.75 Å². The van der Waals surface area contributed by atoms with Crippen molar-refractivity contribution in [2.24, 2.45) is 0 Å². The molecule has 2 rings (SSSR count). The highest BCUT2D eigenvalue weighted by Crippen LogP contribution is 2.19. The molecule has 0 bridgehead atoms. The summed E-state index contributed by atoms with van der Waals surface area (Å²) in [4.78, 5) is -0.685. The Bertz CT molecular complexity index is 736. The SMILES string of the molecule is CN(CCOc1ccccc1)S(=O)(=O)c1cc(F)ccc1F. The number of benzene rings is 2. The van der Waals surface area contributed by atoms with Crippen LogP contribution in [0.2, 0.25) is 0 Å². The highest BCUT2D eigenvalue weighted by Gasteiger charge is 2.25. The van der Waals surface area contributed by atoms with Crippen molar-refractivity contribution < 1.29 is 21.9 Å². The van der Waals surface area contributed by atoms with Crippen LogP contribution >= 0.6 is 0 Å². The van der Waals surface area contributed by atoms with Crippen molar-refractivity contribution in [3.63, 3.8) is 0 Å². The van der Waals surface area contributed by atoms with Gasteiger partial charge < -0.3 is 4.74 Å². The maximum Gasteiger partial charge on any atom is 0.245 e. The van der Waals surface area contributed by atoms with Crippen molar-refractivity contribution in [2.75, 3.05) is 20.2 Å². The zero-order chi connectivity index (χ0) is 16.2. The molecule has 2 aromatic carbocycles. The summed E-state index contributed by atoms with van der Waals surface area (Å²) in [6.45, 7) is 0.101. The third kappa shape index (κ3) is 3.80. The van der Waals surface area contributed by atoms with Crippen LogP contribution in [0.3, 0.4) is 0 Å². The van der Waals surface area contributed by atoms with Crippen molar-refractivity contribution >= 4 is 10.0 Å². The molecule has 7 heteroatoms. The van der Waals surface area contributed by atoms with Crippen molar-refractivity contribution in [3.05, 3.63) is 60.2 Å². The fourth-order valence-corrected chi connectivity index (χ4v) is 3.00. The van der Waals surface area contributed by atoms with Gasteiger partial charge in [-0.05, 0) is 30.3 Å². The van der Waals surface area contributed by atoms with Gasteiger partial charge in [-0.2, -0.15) is 4.31 Å². The van der Waals surface area contributed by atoms with Crippen molar-refractivity contribution in [1.82, 2.24) is 4.31 Å². The van der Waals surface area contributed by atoms with Crippen LogP contribution in [0.25, 0.3) is 0 Å². The van der Waals surface area contributed by atoms with Crippen molar-refractivity contribution in [1.29, 1.82) is 0 Å². The molecule has 0 aromatic heterocycles. The molecule has 0 heterocycles. The Kier molecular flexibility index (Phi) is 5.10. The first-order valence-corrected chi connectivity index (χ1v) is 7.94. The summed E-state index contributed by atoms with van der Waals surface area (Å²) < 4.78 is 57.5. The van der Waals surface area contributed by atoms with E-state index in [1.54, 1.807) is 24.3 Å². The Labute approximate surface area is 128 Å². The van der Waals surface area contributed by atoms with E-state index < -0.39 is 26.6 Å². The highest BCUT2D eigenvalue weighted by molar-refractivity contribution is 7.89.